The number of carbonyl (C=O) groups is 2. The zero-order valence-electron chi connectivity index (χ0n) is 16.6. The number of fused-ring (bicyclic) bond motifs is 1. The topological polar surface area (TPSA) is 67.9 Å². The average molecular weight is 395 g/mol. The number of esters is 1. The predicted octanol–water partition coefficient (Wildman–Crippen LogP) is 3.59. The van der Waals surface area contributed by atoms with E-state index in [4.69, 9.17) is 9.47 Å². The van der Waals surface area contributed by atoms with E-state index in [1.54, 1.807) is 6.92 Å². The summed E-state index contributed by atoms with van der Waals surface area (Å²) in [6, 6.07) is 0. The minimum Gasteiger partial charge on any atom is -0.462 e. The molecule has 1 fully saturated rings. The molecule has 3 heterocycles. The van der Waals surface area contributed by atoms with Crippen molar-refractivity contribution in [2.24, 2.45) is 0 Å². The van der Waals surface area contributed by atoms with E-state index < -0.39 is 0 Å². The SMILES string of the molecule is CCOC(=O)c1c(NC(=O)CN2CCCCC2)sc2c1CC(C)(CC)OC2. The lowest BCUT2D eigenvalue weighted by molar-refractivity contribution is -0.117. The molecule has 1 aromatic rings. The molecule has 7 heteroatoms. The van der Waals surface area contributed by atoms with Crippen molar-refractivity contribution >= 4 is 28.2 Å². The van der Waals surface area contributed by atoms with E-state index in [1.165, 1.54) is 17.8 Å². The van der Waals surface area contributed by atoms with Crippen LogP contribution in [0.2, 0.25) is 0 Å². The van der Waals surface area contributed by atoms with Crippen LogP contribution >= 0.6 is 11.3 Å². The summed E-state index contributed by atoms with van der Waals surface area (Å²) in [7, 11) is 0. The van der Waals surface area contributed by atoms with Crippen LogP contribution in [0.4, 0.5) is 5.00 Å². The smallest absolute Gasteiger partial charge is 0.341 e. The Morgan fingerprint density at radius 2 is 2.00 bits per heavy atom. The molecule has 2 aliphatic rings. The maximum absolute atomic E-state index is 12.7. The highest BCUT2D eigenvalue weighted by atomic mass is 32.1. The van der Waals surface area contributed by atoms with Crippen LogP contribution in [0, 0.1) is 0 Å². The molecule has 0 saturated carbocycles. The number of hydrogen-bond acceptors (Lipinski definition) is 6. The number of anilines is 1. The second kappa shape index (κ2) is 8.71. The number of piperidine rings is 1. The van der Waals surface area contributed by atoms with Gasteiger partial charge in [0.2, 0.25) is 5.91 Å². The lowest BCUT2D eigenvalue weighted by Gasteiger charge is -2.33. The Morgan fingerprint density at radius 3 is 2.67 bits per heavy atom. The van der Waals surface area contributed by atoms with Crippen molar-refractivity contribution in [1.29, 1.82) is 0 Å². The number of amides is 1. The minimum absolute atomic E-state index is 0.0692. The van der Waals surface area contributed by atoms with E-state index in [0.29, 0.717) is 36.7 Å². The first-order chi connectivity index (χ1) is 13.0. The third-order valence-corrected chi connectivity index (χ3v) is 6.61. The van der Waals surface area contributed by atoms with E-state index >= 15 is 0 Å². The Hall–Kier alpha value is -1.44. The molecule has 2 aliphatic heterocycles. The van der Waals surface area contributed by atoms with Gasteiger partial charge in [-0.1, -0.05) is 13.3 Å². The number of rotatable bonds is 6. The summed E-state index contributed by atoms with van der Waals surface area (Å²) >= 11 is 1.44. The number of ether oxygens (including phenoxy) is 2. The third kappa shape index (κ3) is 4.70. The number of likely N-dealkylation sites (tertiary alicyclic amines) is 1. The highest BCUT2D eigenvalue weighted by Crippen LogP contribution is 2.41. The molecule has 150 valence electrons. The highest BCUT2D eigenvalue weighted by Gasteiger charge is 2.36. The summed E-state index contributed by atoms with van der Waals surface area (Å²) < 4.78 is 11.3. The summed E-state index contributed by atoms with van der Waals surface area (Å²) in [4.78, 5) is 28.4. The maximum Gasteiger partial charge on any atom is 0.341 e. The largest absolute Gasteiger partial charge is 0.462 e. The Balaban J connectivity index is 1.81. The van der Waals surface area contributed by atoms with Gasteiger partial charge in [0.05, 0.1) is 30.9 Å². The van der Waals surface area contributed by atoms with Crippen molar-refractivity contribution in [1.82, 2.24) is 4.90 Å². The fourth-order valence-electron chi connectivity index (χ4n) is 3.70. The van der Waals surface area contributed by atoms with Crippen LogP contribution in [0.5, 0.6) is 0 Å². The number of carbonyl (C=O) groups excluding carboxylic acids is 2. The van der Waals surface area contributed by atoms with Crippen LogP contribution in [0.3, 0.4) is 0 Å². The lowest BCUT2D eigenvalue weighted by Crippen LogP contribution is -2.37. The molecule has 0 radical (unpaired) electrons. The van der Waals surface area contributed by atoms with Gasteiger partial charge in [0.25, 0.3) is 0 Å². The molecule has 1 unspecified atom stereocenters. The van der Waals surface area contributed by atoms with Gasteiger partial charge in [0, 0.05) is 11.3 Å². The quantitative estimate of drug-likeness (QED) is 0.747. The Morgan fingerprint density at radius 1 is 1.26 bits per heavy atom. The molecule has 1 aromatic heterocycles. The number of hydrogen-bond donors (Lipinski definition) is 1. The van der Waals surface area contributed by atoms with Crippen molar-refractivity contribution in [3.63, 3.8) is 0 Å². The van der Waals surface area contributed by atoms with Crippen molar-refractivity contribution in [3.8, 4) is 0 Å². The molecule has 3 rings (SSSR count). The predicted molar refractivity (Wildman–Crippen MR) is 106 cm³/mol. The van der Waals surface area contributed by atoms with E-state index in [-0.39, 0.29) is 17.5 Å². The molecule has 0 spiro atoms. The van der Waals surface area contributed by atoms with Crippen LogP contribution in [0.15, 0.2) is 0 Å². The summed E-state index contributed by atoms with van der Waals surface area (Å²) in [5, 5.41) is 3.58. The molecule has 0 aliphatic carbocycles. The van der Waals surface area contributed by atoms with E-state index in [2.05, 4.69) is 24.1 Å². The number of nitrogens with zero attached hydrogens (tertiary/aromatic N) is 1. The fourth-order valence-corrected chi connectivity index (χ4v) is 4.84. The summed E-state index contributed by atoms with van der Waals surface area (Å²) in [5.74, 6) is -0.427. The van der Waals surface area contributed by atoms with Gasteiger partial charge in [-0.25, -0.2) is 4.79 Å². The van der Waals surface area contributed by atoms with Gasteiger partial charge in [-0.2, -0.15) is 0 Å². The highest BCUT2D eigenvalue weighted by molar-refractivity contribution is 7.17. The molecule has 1 N–H and O–H groups in total. The Bertz CT molecular complexity index is 696. The molecule has 0 bridgehead atoms. The zero-order valence-corrected chi connectivity index (χ0v) is 17.4. The van der Waals surface area contributed by atoms with Crippen molar-refractivity contribution in [2.75, 3.05) is 31.6 Å². The first kappa shape index (κ1) is 20.3. The van der Waals surface area contributed by atoms with Gasteiger partial charge in [0.15, 0.2) is 0 Å². The maximum atomic E-state index is 12.7. The standard InChI is InChI=1S/C20H30N2O4S/c1-4-20(3)11-14-15(13-26-20)27-18(17(14)19(24)25-5-2)21-16(23)12-22-9-7-6-8-10-22/h4-13H2,1-3H3,(H,21,23). The van der Waals surface area contributed by atoms with Crippen molar-refractivity contribution in [2.45, 2.75) is 65.1 Å². The zero-order chi connectivity index (χ0) is 19.4. The number of thiophene rings is 1. The number of nitrogens with one attached hydrogen (secondary N) is 1. The first-order valence-electron chi connectivity index (χ1n) is 9.93. The summed E-state index contributed by atoms with van der Waals surface area (Å²) in [6.45, 7) is 9.02. The minimum atomic E-state index is -0.358. The van der Waals surface area contributed by atoms with Crippen LogP contribution in [0.25, 0.3) is 0 Å². The van der Waals surface area contributed by atoms with E-state index in [9.17, 15) is 9.59 Å². The molecular weight excluding hydrogens is 364 g/mol. The second-order valence-electron chi connectivity index (χ2n) is 7.58. The third-order valence-electron chi connectivity index (χ3n) is 5.49. The average Bonchev–Trinajstić information content (AvgIpc) is 2.99. The molecule has 1 atom stereocenters. The molecular formula is C20H30N2O4S. The van der Waals surface area contributed by atoms with Crippen LogP contribution in [-0.2, 0) is 27.3 Å². The molecule has 1 saturated heterocycles. The van der Waals surface area contributed by atoms with Gasteiger partial charge in [-0.3, -0.25) is 9.69 Å². The molecule has 0 aromatic carbocycles. The van der Waals surface area contributed by atoms with E-state index in [1.807, 2.05) is 0 Å². The lowest BCUT2D eigenvalue weighted by atomic mass is 9.89. The Kier molecular flexibility index (Phi) is 6.55. The van der Waals surface area contributed by atoms with E-state index in [0.717, 1.165) is 42.8 Å². The van der Waals surface area contributed by atoms with Gasteiger partial charge in [0.1, 0.15) is 5.00 Å². The van der Waals surface area contributed by atoms with Gasteiger partial charge in [-0.15, -0.1) is 11.3 Å². The monoisotopic (exact) mass is 394 g/mol. The normalized spacial score (nSPS) is 22.9. The van der Waals surface area contributed by atoms with Crippen LogP contribution in [-0.4, -0.2) is 48.6 Å². The fraction of sp³-hybridized carbons (Fsp3) is 0.700. The van der Waals surface area contributed by atoms with Gasteiger partial charge < -0.3 is 14.8 Å². The second-order valence-corrected chi connectivity index (χ2v) is 8.69. The molecule has 6 nitrogen and oxygen atoms in total. The Labute approximate surface area is 165 Å². The van der Waals surface area contributed by atoms with Crippen LogP contribution < -0.4 is 5.32 Å². The summed E-state index contributed by atoms with van der Waals surface area (Å²) in [6.07, 6.45) is 5.04. The summed E-state index contributed by atoms with van der Waals surface area (Å²) in [5.41, 5.74) is 1.21. The van der Waals surface area contributed by atoms with Crippen LogP contribution in [0.1, 0.15) is 67.3 Å². The van der Waals surface area contributed by atoms with Crippen molar-refractivity contribution < 1.29 is 19.1 Å². The van der Waals surface area contributed by atoms with Gasteiger partial charge >= 0.3 is 5.97 Å². The molecule has 1 amide bonds. The van der Waals surface area contributed by atoms with Crippen molar-refractivity contribution in [3.05, 3.63) is 16.0 Å². The first-order valence-corrected chi connectivity index (χ1v) is 10.7. The molecule has 27 heavy (non-hydrogen) atoms. The van der Waals surface area contributed by atoms with Gasteiger partial charge in [-0.05, 0) is 51.8 Å².